The van der Waals surface area contributed by atoms with Crippen LogP contribution in [0.3, 0.4) is 0 Å². The van der Waals surface area contributed by atoms with Crippen LogP contribution in [-0.2, 0) is 21.5 Å². The van der Waals surface area contributed by atoms with Crippen molar-refractivity contribution in [3.05, 3.63) is 29.3 Å². The van der Waals surface area contributed by atoms with Gasteiger partial charge in [0.05, 0.1) is 32.0 Å². The lowest BCUT2D eigenvalue weighted by atomic mass is 9.86. The summed E-state index contributed by atoms with van der Waals surface area (Å²) in [6.45, 7) is 6.74. The SMILES string of the molecule is CC(C)(C)c1cc(COC2COCC2N)cc(OC(F)(F)F)c1. The molecule has 1 aliphatic heterocycles. The highest BCUT2D eigenvalue weighted by atomic mass is 19.4. The molecule has 0 bridgehead atoms. The van der Waals surface area contributed by atoms with Crippen molar-refractivity contribution >= 4 is 0 Å². The van der Waals surface area contributed by atoms with Gasteiger partial charge in [-0.05, 0) is 28.7 Å². The van der Waals surface area contributed by atoms with Crippen molar-refractivity contribution in [1.82, 2.24) is 0 Å². The normalized spacial score (nSPS) is 22.4. The number of alkyl halides is 3. The molecule has 0 aromatic heterocycles. The van der Waals surface area contributed by atoms with Gasteiger partial charge < -0.3 is 19.9 Å². The van der Waals surface area contributed by atoms with E-state index in [0.717, 1.165) is 5.56 Å². The number of hydrogen-bond acceptors (Lipinski definition) is 4. The summed E-state index contributed by atoms with van der Waals surface area (Å²) < 4.78 is 52.4. The number of ether oxygens (including phenoxy) is 3. The summed E-state index contributed by atoms with van der Waals surface area (Å²) in [5.41, 5.74) is 6.87. The lowest BCUT2D eigenvalue weighted by Gasteiger charge is -2.22. The van der Waals surface area contributed by atoms with Crippen molar-refractivity contribution in [2.45, 2.75) is 51.3 Å². The van der Waals surface area contributed by atoms with E-state index in [-0.39, 0.29) is 29.9 Å². The summed E-state index contributed by atoms with van der Waals surface area (Å²) in [6.07, 6.45) is -4.98. The van der Waals surface area contributed by atoms with Crippen LogP contribution in [0.4, 0.5) is 13.2 Å². The highest BCUT2D eigenvalue weighted by Crippen LogP contribution is 2.31. The first-order valence-electron chi connectivity index (χ1n) is 7.40. The predicted molar refractivity (Wildman–Crippen MR) is 79.2 cm³/mol. The third kappa shape index (κ3) is 5.37. The van der Waals surface area contributed by atoms with Gasteiger partial charge in [0.2, 0.25) is 0 Å². The van der Waals surface area contributed by atoms with Crippen LogP contribution in [-0.4, -0.2) is 31.7 Å². The van der Waals surface area contributed by atoms with E-state index in [1.807, 2.05) is 26.8 Å². The minimum absolute atomic E-state index is 0.153. The summed E-state index contributed by atoms with van der Waals surface area (Å²) in [7, 11) is 0. The molecule has 1 heterocycles. The molecule has 1 aromatic carbocycles. The van der Waals surface area contributed by atoms with Crippen molar-refractivity contribution in [3.63, 3.8) is 0 Å². The zero-order valence-electron chi connectivity index (χ0n) is 13.4. The second kappa shape index (κ2) is 6.67. The molecule has 0 amide bonds. The molecule has 0 radical (unpaired) electrons. The molecule has 4 nitrogen and oxygen atoms in total. The molecule has 1 fully saturated rings. The number of benzene rings is 1. The largest absolute Gasteiger partial charge is 0.573 e. The predicted octanol–water partition coefficient (Wildman–Crippen LogP) is 3.13. The van der Waals surface area contributed by atoms with E-state index in [0.29, 0.717) is 18.8 Å². The topological polar surface area (TPSA) is 53.7 Å². The number of hydrogen-bond donors (Lipinski definition) is 1. The van der Waals surface area contributed by atoms with E-state index in [4.69, 9.17) is 15.2 Å². The fourth-order valence-corrected chi connectivity index (χ4v) is 2.30. The number of rotatable bonds is 4. The highest BCUT2D eigenvalue weighted by Gasteiger charge is 2.32. The quantitative estimate of drug-likeness (QED) is 0.920. The maximum Gasteiger partial charge on any atom is 0.573 e. The molecule has 2 N–H and O–H groups in total. The Morgan fingerprint density at radius 3 is 2.39 bits per heavy atom. The van der Waals surface area contributed by atoms with E-state index < -0.39 is 6.36 Å². The molecule has 0 aliphatic carbocycles. The Bertz CT molecular complexity index is 540. The van der Waals surface area contributed by atoms with Gasteiger partial charge >= 0.3 is 6.36 Å². The van der Waals surface area contributed by atoms with Gasteiger partial charge in [-0.25, -0.2) is 0 Å². The second-order valence-electron chi connectivity index (χ2n) is 6.71. The molecular weight excluding hydrogens is 311 g/mol. The fourth-order valence-electron chi connectivity index (χ4n) is 2.30. The zero-order valence-corrected chi connectivity index (χ0v) is 13.4. The number of halogens is 3. The summed E-state index contributed by atoms with van der Waals surface area (Å²) in [5, 5.41) is 0. The molecule has 7 heteroatoms. The van der Waals surface area contributed by atoms with Gasteiger partial charge in [0, 0.05) is 0 Å². The van der Waals surface area contributed by atoms with Crippen LogP contribution in [0.5, 0.6) is 5.75 Å². The Balaban J connectivity index is 2.18. The highest BCUT2D eigenvalue weighted by molar-refractivity contribution is 5.37. The summed E-state index contributed by atoms with van der Waals surface area (Å²) in [5.74, 6) is -0.240. The van der Waals surface area contributed by atoms with Crippen molar-refractivity contribution < 1.29 is 27.4 Å². The molecular formula is C16H22F3NO3. The molecule has 1 aliphatic rings. The van der Waals surface area contributed by atoms with Gasteiger partial charge in [-0.15, -0.1) is 13.2 Å². The Kier molecular flexibility index (Phi) is 5.23. The maximum atomic E-state index is 12.5. The maximum absolute atomic E-state index is 12.5. The summed E-state index contributed by atoms with van der Waals surface area (Å²) in [4.78, 5) is 0. The monoisotopic (exact) mass is 333 g/mol. The smallest absolute Gasteiger partial charge is 0.406 e. The van der Waals surface area contributed by atoms with Crippen LogP contribution in [0.25, 0.3) is 0 Å². The van der Waals surface area contributed by atoms with E-state index in [2.05, 4.69) is 4.74 Å². The molecule has 1 saturated heterocycles. The Morgan fingerprint density at radius 1 is 1.17 bits per heavy atom. The first-order chi connectivity index (χ1) is 10.5. The van der Waals surface area contributed by atoms with Gasteiger partial charge in [-0.2, -0.15) is 0 Å². The zero-order chi connectivity index (χ0) is 17.3. The van der Waals surface area contributed by atoms with Gasteiger partial charge in [0.1, 0.15) is 5.75 Å². The van der Waals surface area contributed by atoms with Crippen LogP contribution in [0.15, 0.2) is 18.2 Å². The van der Waals surface area contributed by atoms with Crippen LogP contribution >= 0.6 is 0 Å². The fraction of sp³-hybridized carbons (Fsp3) is 0.625. The number of nitrogens with two attached hydrogens (primary N) is 1. The van der Waals surface area contributed by atoms with Crippen LogP contribution in [0.1, 0.15) is 31.9 Å². The van der Waals surface area contributed by atoms with Crippen molar-refractivity contribution in [3.8, 4) is 5.75 Å². The lowest BCUT2D eigenvalue weighted by Crippen LogP contribution is -2.35. The van der Waals surface area contributed by atoms with Crippen molar-refractivity contribution in [2.24, 2.45) is 5.73 Å². The second-order valence-corrected chi connectivity index (χ2v) is 6.71. The van der Waals surface area contributed by atoms with Gasteiger partial charge in [-0.1, -0.05) is 26.8 Å². The molecule has 0 saturated carbocycles. The van der Waals surface area contributed by atoms with Crippen LogP contribution in [0, 0.1) is 0 Å². The third-order valence-electron chi connectivity index (χ3n) is 3.60. The molecule has 130 valence electrons. The molecule has 23 heavy (non-hydrogen) atoms. The lowest BCUT2D eigenvalue weighted by molar-refractivity contribution is -0.274. The Labute approximate surface area is 133 Å². The average molecular weight is 333 g/mol. The molecule has 2 unspecified atom stereocenters. The van der Waals surface area contributed by atoms with E-state index in [9.17, 15) is 13.2 Å². The Morgan fingerprint density at radius 2 is 1.87 bits per heavy atom. The molecule has 2 atom stereocenters. The van der Waals surface area contributed by atoms with E-state index in [1.54, 1.807) is 0 Å². The first kappa shape index (κ1) is 18.0. The molecule has 1 aromatic rings. The van der Waals surface area contributed by atoms with Crippen LogP contribution in [0.2, 0.25) is 0 Å². The Hall–Kier alpha value is -1.31. The van der Waals surface area contributed by atoms with E-state index in [1.165, 1.54) is 12.1 Å². The van der Waals surface area contributed by atoms with Gasteiger partial charge in [-0.3, -0.25) is 0 Å². The average Bonchev–Trinajstić information content (AvgIpc) is 2.78. The summed E-state index contributed by atoms with van der Waals surface area (Å²) >= 11 is 0. The molecule has 0 spiro atoms. The molecule has 2 rings (SSSR count). The standard InChI is InChI=1S/C16H22F3NO3/c1-15(2,3)11-4-10(5-12(6-11)23-16(17,18)19)7-22-14-9-21-8-13(14)20/h4-6,13-14H,7-9,20H2,1-3H3. The third-order valence-corrected chi connectivity index (χ3v) is 3.60. The minimum Gasteiger partial charge on any atom is -0.406 e. The first-order valence-corrected chi connectivity index (χ1v) is 7.40. The van der Waals surface area contributed by atoms with Gasteiger partial charge in [0.25, 0.3) is 0 Å². The minimum atomic E-state index is -4.73. The van der Waals surface area contributed by atoms with Crippen molar-refractivity contribution in [2.75, 3.05) is 13.2 Å². The van der Waals surface area contributed by atoms with Crippen molar-refractivity contribution in [1.29, 1.82) is 0 Å². The summed E-state index contributed by atoms with van der Waals surface area (Å²) in [6, 6.07) is 4.35. The van der Waals surface area contributed by atoms with E-state index >= 15 is 0 Å². The van der Waals surface area contributed by atoms with Crippen LogP contribution < -0.4 is 10.5 Å². The van der Waals surface area contributed by atoms with Gasteiger partial charge in [0.15, 0.2) is 0 Å².